The van der Waals surface area contributed by atoms with Crippen LogP contribution in [0.25, 0.3) is 0 Å². The molecule has 2 aliphatic rings. The quantitative estimate of drug-likeness (QED) is 0.725. The minimum Gasteiger partial charge on any atom is -0.481 e. The lowest BCUT2D eigenvalue weighted by atomic mass is 9.78. The van der Waals surface area contributed by atoms with E-state index in [9.17, 15) is 19.5 Å². The fourth-order valence-corrected chi connectivity index (χ4v) is 4.99. The molecular formula is C26H31N3O4. The third-order valence-electron chi connectivity index (χ3n) is 6.85. The molecule has 1 saturated carbocycles. The molecule has 2 atom stereocenters. The zero-order chi connectivity index (χ0) is 23.4. The first-order valence-corrected chi connectivity index (χ1v) is 11.7. The molecular weight excluding hydrogens is 418 g/mol. The molecule has 1 aliphatic carbocycles. The summed E-state index contributed by atoms with van der Waals surface area (Å²) in [4.78, 5) is 42.3. The third-order valence-corrected chi connectivity index (χ3v) is 6.85. The van der Waals surface area contributed by atoms with Crippen LogP contribution < -0.4 is 10.2 Å². The Morgan fingerprint density at radius 2 is 1.55 bits per heavy atom. The highest BCUT2D eigenvalue weighted by Crippen LogP contribution is 2.32. The van der Waals surface area contributed by atoms with Crippen LogP contribution in [-0.4, -0.2) is 54.0 Å². The number of amides is 2. The predicted molar refractivity (Wildman–Crippen MR) is 127 cm³/mol. The van der Waals surface area contributed by atoms with Crippen LogP contribution in [0, 0.1) is 18.8 Å². The number of aliphatic carboxylic acids is 1. The minimum absolute atomic E-state index is 0.102. The van der Waals surface area contributed by atoms with Gasteiger partial charge in [-0.3, -0.25) is 14.4 Å². The van der Waals surface area contributed by atoms with Crippen molar-refractivity contribution >= 4 is 29.2 Å². The summed E-state index contributed by atoms with van der Waals surface area (Å²) in [6.07, 6.45) is 2.73. The molecule has 2 fully saturated rings. The number of benzene rings is 2. The summed E-state index contributed by atoms with van der Waals surface area (Å²) < 4.78 is 0. The van der Waals surface area contributed by atoms with Crippen molar-refractivity contribution in [2.45, 2.75) is 32.6 Å². The average Bonchev–Trinajstić information content (AvgIpc) is 2.84. The van der Waals surface area contributed by atoms with Crippen molar-refractivity contribution in [3.63, 3.8) is 0 Å². The van der Waals surface area contributed by atoms with E-state index in [-0.39, 0.29) is 11.8 Å². The number of nitrogens with one attached hydrogen (secondary N) is 1. The molecule has 2 aromatic rings. The number of piperazine rings is 1. The summed E-state index contributed by atoms with van der Waals surface area (Å²) >= 11 is 0. The molecule has 0 aromatic heterocycles. The summed E-state index contributed by atoms with van der Waals surface area (Å²) in [6.45, 7) is 4.54. The maximum atomic E-state index is 13.5. The number of hydrogen-bond donors (Lipinski definition) is 2. The normalized spacial score (nSPS) is 20.9. The number of hydrogen-bond acceptors (Lipinski definition) is 4. The summed E-state index contributed by atoms with van der Waals surface area (Å²) in [5, 5.41) is 12.4. The molecule has 0 bridgehead atoms. The van der Waals surface area contributed by atoms with Crippen molar-refractivity contribution in [1.29, 1.82) is 0 Å². The van der Waals surface area contributed by atoms with E-state index in [4.69, 9.17) is 0 Å². The smallest absolute Gasteiger partial charge is 0.307 e. The number of aryl methyl sites for hydroxylation is 1. The number of nitrogens with zero attached hydrogens (tertiary/aromatic N) is 2. The van der Waals surface area contributed by atoms with Crippen molar-refractivity contribution in [2.75, 3.05) is 36.4 Å². The van der Waals surface area contributed by atoms with Gasteiger partial charge in [0, 0.05) is 31.9 Å². The third kappa shape index (κ3) is 5.02. The Bertz CT molecular complexity index is 1020. The molecule has 33 heavy (non-hydrogen) atoms. The average molecular weight is 450 g/mol. The van der Waals surface area contributed by atoms with Gasteiger partial charge in [-0.1, -0.05) is 43.2 Å². The Balaban J connectivity index is 1.48. The maximum absolute atomic E-state index is 13.5. The van der Waals surface area contributed by atoms with E-state index in [0.717, 1.165) is 37.2 Å². The SMILES string of the molecule is Cc1cccc(NC(=O)[C@H]2CCCC[C@H]2C(=O)O)c1C(=O)N1CCN(c2ccccc2)CC1. The summed E-state index contributed by atoms with van der Waals surface area (Å²) in [7, 11) is 0. The molecule has 0 spiro atoms. The molecule has 174 valence electrons. The van der Waals surface area contributed by atoms with Gasteiger partial charge in [0.05, 0.1) is 23.1 Å². The topological polar surface area (TPSA) is 89.9 Å². The molecule has 4 rings (SSSR count). The number of anilines is 2. The van der Waals surface area contributed by atoms with Crippen LogP contribution in [0.4, 0.5) is 11.4 Å². The van der Waals surface area contributed by atoms with Gasteiger partial charge >= 0.3 is 5.97 Å². The van der Waals surface area contributed by atoms with Crippen molar-refractivity contribution < 1.29 is 19.5 Å². The molecule has 2 amide bonds. The van der Waals surface area contributed by atoms with Crippen LogP contribution in [0.2, 0.25) is 0 Å². The summed E-state index contributed by atoms with van der Waals surface area (Å²) in [5.41, 5.74) is 2.89. The fourth-order valence-electron chi connectivity index (χ4n) is 4.99. The summed E-state index contributed by atoms with van der Waals surface area (Å²) in [5.74, 6) is -2.58. The first kappa shape index (κ1) is 22.8. The Morgan fingerprint density at radius 3 is 2.21 bits per heavy atom. The van der Waals surface area contributed by atoms with E-state index < -0.39 is 17.8 Å². The monoisotopic (exact) mass is 449 g/mol. The van der Waals surface area contributed by atoms with E-state index >= 15 is 0 Å². The molecule has 1 aliphatic heterocycles. The first-order valence-electron chi connectivity index (χ1n) is 11.7. The first-order chi connectivity index (χ1) is 16.0. The summed E-state index contributed by atoms with van der Waals surface area (Å²) in [6, 6.07) is 15.6. The van der Waals surface area contributed by atoms with Gasteiger partial charge in [-0.15, -0.1) is 0 Å². The molecule has 0 radical (unpaired) electrons. The van der Waals surface area contributed by atoms with Gasteiger partial charge in [0.2, 0.25) is 5.91 Å². The van der Waals surface area contributed by atoms with Gasteiger partial charge in [-0.2, -0.15) is 0 Å². The standard InChI is InChI=1S/C26H31N3O4/c1-18-8-7-13-22(27-24(30)20-11-5-6-12-21(20)26(32)33)23(18)25(31)29-16-14-28(15-17-29)19-9-3-2-4-10-19/h2-4,7-10,13,20-21H,5-6,11-12,14-17H2,1H3,(H,27,30)(H,32,33)/t20-,21+/m0/s1. The Kier molecular flexibility index (Phi) is 6.96. The molecule has 7 nitrogen and oxygen atoms in total. The van der Waals surface area contributed by atoms with E-state index in [2.05, 4.69) is 22.3 Å². The lowest BCUT2D eigenvalue weighted by Gasteiger charge is -2.36. The van der Waals surface area contributed by atoms with Gasteiger partial charge in [0.25, 0.3) is 5.91 Å². The number of para-hydroxylation sites is 1. The van der Waals surface area contributed by atoms with Crippen LogP contribution in [-0.2, 0) is 9.59 Å². The molecule has 7 heteroatoms. The highest BCUT2D eigenvalue weighted by Gasteiger charge is 2.36. The highest BCUT2D eigenvalue weighted by atomic mass is 16.4. The van der Waals surface area contributed by atoms with E-state index in [1.807, 2.05) is 42.2 Å². The zero-order valence-corrected chi connectivity index (χ0v) is 19.0. The van der Waals surface area contributed by atoms with Crippen LogP contribution in [0.15, 0.2) is 48.5 Å². The van der Waals surface area contributed by atoms with Crippen LogP contribution >= 0.6 is 0 Å². The second-order valence-corrected chi connectivity index (χ2v) is 8.94. The molecule has 1 saturated heterocycles. The van der Waals surface area contributed by atoms with E-state index in [1.54, 1.807) is 6.07 Å². The van der Waals surface area contributed by atoms with Gasteiger partial charge in [0.1, 0.15) is 0 Å². The van der Waals surface area contributed by atoms with Crippen LogP contribution in [0.3, 0.4) is 0 Å². The Hall–Kier alpha value is -3.35. The lowest BCUT2D eigenvalue weighted by molar-refractivity contribution is -0.147. The van der Waals surface area contributed by atoms with Gasteiger partial charge < -0.3 is 20.2 Å². The fraction of sp³-hybridized carbons (Fsp3) is 0.423. The van der Waals surface area contributed by atoms with E-state index in [1.165, 1.54) is 0 Å². The minimum atomic E-state index is -0.924. The number of carboxylic acid groups (broad SMARTS) is 1. The second kappa shape index (κ2) is 10.1. The zero-order valence-electron chi connectivity index (χ0n) is 19.0. The predicted octanol–water partition coefficient (Wildman–Crippen LogP) is 3.79. The molecule has 2 N–H and O–H groups in total. The van der Waals surface area contributed by atoms with Gasteiger partial charge in [-0.25, -0.2) is 0 Å². The van der Waals surface area contributed by atoms with Crippen molar-refractivity contribution in [3.05, 3.63) is 59.7 Å². The van der Waals surface area contributed by atoms with Crippen molar-refractivity contribution in [1.82, 2.24) is 4.90 Å². The van der Waals surface area contributed by atoms with Gasteiger partial charge in [0.15, 0.2) is 0 Å². The largest absolute Gasteiger partial charge is 0.481 e. The Labute approximate surface area is 194 Å². The molecule has 2 aromatic carbocycles. The van der Waals surface area contributed by atoms with Crippen molar-refractivity contribution in [2.24, 2.45) is 11.8 Å². The second-order valence-electron chi connectivity index (χ2n) is 8.94. The van der Waals surface area contributed by atoms with Gasteiger partial charge in [-0.05, 0) is 43.5 Å². The Morgan fingerprint density at radius 1 is 0.879 bits per heavy atom. The number of carbonyl (C=O) groups is 3. The lowest BCUT2D eigenvalue weighted by Crippen LogP contribution is -2.49. The van der Waals surface area contributed by atoms with Crippen molar-refractivity contribution in [3.8, 4) is 0 Å². The van der Waals surface area contributed by atoms with Crippen LogP contribution in [0.1, 0.15) is 41.6 Å². The molecule has 1 heterocycles. The van der Waals surface area contributed by atoms with Crippen LogP contribution in [0.5, 0.6) is 0 Å². The van der Waals surface area contributed by atoms with E-state index in [0.29, 0.717) is 37.2 Å². The highest BCUT2D eigenvalue weighted by molar-refractivity contribution is 6.05. The number of carboxylic acids is 1. The number of rotatable bonds is 5. The molecule has 0 unspecified atom stereocenters. The maximum Gasteiger partial charge on any atom is 0.307 e. The number of carbonyl (C=O) groups excluding carboxylic acids is 2.